The van der Waals surface area contributed by atoms with E-state index < -0.39 is 53.8 Å². The number of aldehydes is 1. The van der Waals surface area contributed by atoms with Crippen LogP contribution < -0.4 is 22.5 Å². The summed E-state index contributed by atoms with van der Waals surface area (Å²) >= 11 is 0. The average molecular weight is 472 g/mol. The van der Waals surface area contributed by atoms with Gasteiger partial charge in [0, 0.05) is 12.8 Å². The first-order valence-electron chi connectivity index (χ1n) is 11.1. The molecule has 4 atom stereocenters. The van der Waals surface area contributed by atoms with Crippen molar-refractivity contribution < 1.29 is 33.5 Å². The number of hydrogen-bond donors (Lipinski definition) is 4. The van der Waals surface area contributed by atoms with Crippen molar-refractivity contribution in [1.29, 1.82) is 0 Å². The minimum Gasteiger partial charge on any atom is -0.449 e. The van der Waals surface area contributed by atoms with Crippen LogP contribution in [-0.4, -0.2) is 65.6 Å². The topological polar surface area (TPSA) is 205 Å². The van der Waals surface area contributed by atoms with E-state index in [-0.39, 0.29) is 32.3 Å². The Morgan fingerprint density at radius 3 is 2.09 bits per heavy atom. The normalized spacial score (nSPS) is 14.3. The maximum Gasteiger partial charge on any atom is 0.417 e. The number of carbonyl (C=O) groups excluding carboxylic acids is 6. The lowest BCUT2D eigenvalue weighted by molar-refractivity contribution is -0.140. The van der Waals surface area contributed by atoms with Crippen molar-refractivity contribution in [2.45, 2.75) is 83.8 Å². The van der Waals surface area contributed by atoms with Crippen molar-refractivity contribution in [1.82, 2.24) is 10.2 Å². The van der Waals surface area contributed by atoms with Gasteiger partial charge in [-0.2, -0.15) is 0 Å². The second kappa shape index (κ2) is 15.7. The van der Waals surface area contributed by atoms with Crippen molar-refractivity contribution in [3.05, 3.63) is 0 Å². The van der Waals surface area contributed by atoms with Crippen LogP contribution in [0.1, 0.15) is 65.7 Å². The van der Waals surface area contributed by atoms with Crippen LogP contribution in [0.15, 0.2) is 0 Å². The van der Waals surface area contributed by atoms with Gasteiger partial charge in [0.2, 0.25) is 17.7 Å². The lowest BCUT2D eigenvalue weighted by atomic mass is 9.97. The molecule has 0 unspecified atom stereocenters. The molecule has 0 spiro atoms. The highest BCUT2D eigenvalue weighted by Gasteiger charge is 2.38. The van der Waals surface area contributed by atoms with E-state index >= 15 is 0 Å². The summed E-state index contributed by atoms with van der Waals surface area (Å²) in [5.74, 6) is -3.49. The number of nitrogens with one attached hydrogen (secondary N) is 1. The fraction of sp³-hybridized carbons (Fsp3) is 0.714. The molecule has 0 heterocycles. The Morgan fingerprint density at radius 2 is 1.61 bits per heavy atom. The van der Waals surface area contributed by atoms with Crippen molar-refractivity contribution in [2.24, 2.45) is 23.1 Å². The number of carbonyl (C=O) groups is 6. The van der Waals surface area contributed by atoms with Crippen LogP contribution >= 0.6 is 0 Å². The smallest absolute Gasteiger partial charge is 0.417 e. The van der Waals surface area contributed by atoms with Crippen LogP contribution in [-0.2, 0) is 28.7 Å². The number of primary amides is 2. The van der Waals surface area contributed by atoms with Gasteiger partial charge in [0.25, 0.3) is 5.91 Å². The Morgan fingerprint density at radius 1 is 1.03 bits per heavy atom. The standard InChI is InChI=1S/C21H37N5O7/c1-4-6-11-33-21(32)26(16(12-27)13(3)5-2)20(31)15(8-10-18(24)29)25-19(30)14(22)7-9-17(23)28/h12-16H,4-11,22H2,1-3H3,(H2,23,28)(H2,24,29)(H,25,30)/t13-,14-,15-,16+/m0/s1. The highest BCUT2D eigenvalue weighted by Crippen LogP contribution is 2.17. The van der Waals surface area contributed by atoms with E-state index in [1.54, 1.807) is 13.8 Å². The number of nitrogens with zero attached hydrogens (tertiary/aromatic N) is 1. The van der Waals surface area contributed by atoms with E-state index in [1.807, 2.05) is 6.92 Å². The SMILES string of the molecule is CCCCOC(=O)N(C(=O)[C@H](CCC(N)=O)NC(=O)[C@@H](N)CCC(N)=O)[C@H](C=O)[C@@H](C)CC. The number of hydrogen-bond acceptors (Lipinski definition) is 8. The van der Waals surface area contributed by atoms with Crippen LogP contribution in [0.4, 0.5) is 4.79 Å². The summed E-state index contributed by atoms with van der Waals surface area (Å²) in [4.78, 5) is 73.4. The zero-order chi connectivity index (χ0) is 25.6. The molecule has 0 aliphatic heterocycles. The Kier molecular flexibility index (Phi) is 14.3. The third-order valence-corrected chi connectivity index (χ3v) is 5.15. The molecule has 188 valence electrons. The number of ether oxygens (including phenoxy) is 1. The molecular formula is C21H37N5O7. The first kappa shape index (κ1) is 30.0. The molecule has 0 aliphatic carbocycles. The van der Waals surface area contributed by atoms with Gasteiger partial charge >= 0.3 is 6.09 Å². The summed E-state index contributed by atoms with van der Waals surface area (Å²) in [5.41, 5.74) is 16.0. The molecule has 7 N–H and O–H groups in total. The van der Waals surface area contributed by atoms with E-state index in [1.165, 1.54) is 0 Å². The van der Waals surface area contributed by atoms with Gasteiger partial charge in [-0.3, -0.25) is 19.2 Å². The molecule has 12 heteroatoms. The van der Waals surface area contributed by atoms with E-state index in [0.717, 1.165) is 6.42 Å². The molecule has 0 aromatic carbocycles. The number of amides is 5. The largest absolute Gasteiger partial charge is 0.449 e. The molecule has 0 bridgehead atoms. The molecule has 0 saturated heterocycles. The summed E-state index contributed by atoms with van der Waals surface area (Å²) in [5, 5.41) is 2.40. The fourth-order valence-electron chi connectivity index (χ4n) is 2.84. The predicted molar refractivity (Wildman–Crippen MR) is 119 cm³/mol. The van der Waals surface area contributed by atoms with E-state index in [2.05, 4.69) is 5.32 Å². The minimum atomic E-state index is -1.38. The summed E-state index contributed by atoms with van der Waals surface area (Å²) in [6.45, 7) is 5.41. The number of imide groups is 1. The molecule has 0 saturated carbocycles. The molecule has 12 nitrogen and oxygen atoms in total. The average Bonchev–Trinajstić information content (AvgIpc) is 2.77. The zero-order valence-corrected chi connectivity index (χ0v) is 19.6. The van der Waals surface area contributed by atoms with Gasteiger partial charge in [0.1, 0.15) is 18.4 Å². The van der Waals surface area contributed by atoms with Gasteiger partial charge < -0.3 is 32.0 Å². The molecule has 33 heavy (non-hydrogen) atoms. The highest BCUT2D eigenvalue weighted by molar-refractivity contribution is 5.99. The molecule has 0 fully saturated rings. The summed E-state index contributed by atoms with van der Waals surface area (Å²) in [6, 6.07) is -3.69. The van der Waals surface area contributed by atoms with Crippen molar-refractivity contribution in [3.8, 4) is 0 Å². The van der Waals surface area contributed by atoms with Crippen molar-refractivity contribution >= 4 is 36.0 Å². The summed E-state index contributed by atoms with van der Waals surface area (Å²) in [6.07, 6.45) is 0.500. The van der Waals surface area contributed by atoms with E-state index in [9.17, 15) is 28.8 Å². The Hall–Kier alpha value is -3.02. The van der Waals surface area contributed by atoms with Crippen LogP contribution in [0.25, 0.3) is 0 Å². The van der Waals surface area contributed by atoms with Gasteiger partial charge in [0.05, 0.1) is 12.6 Å². The van der Waals surface area contributed by atoms with Crippen LogP contribution in [0.3, 0.4) is 0 Å². The van der Waals surface area contributed by atoms with Gasteiger partial charge in [0.15, 0.2) is 0 Å². The zero-order valence-electron chi connectivity index (χ0n) is 19.6. The molecule has 0 aliphatic rings. The van der Waals surface area contributed by atoms with Gasteiger partial charge in [-0.05, 0) is 25.2 Å². The lowest BCUT2D eigenvalue weighted by Crippen LogP contribution is -2.58. The maximum absolute atomic E-state index is 13.4. The van der Waals surface area contributed by atoms with Crippen LogP contribution in [0.5, 0.6) is 0 Å². The predicted octanol–water partition coefficient (Wildman–Crippen LogP) is -0.292. The summed E-state index contributed by atoms with van der Waals surface area (Å²) < 4.78 is 5.16. The highest BCUT2D eigenvalue weighted by atomic mass is 16.6. The Bertz CT molecular complexity index is 700. The van der Waals surface area contributed by atoms with E-state index in [4.69, 9.17) is 21.9 Å². The van der Waals surface area contributed by atoms with Crippen LogP contribution in [0.2, 0.25) is 0 Å². The molecule has 0 rings (SSSR count). The second-order valence-electron chi connectivity index (χ2n) is 7.87. The van der Waals surface area contributed by atoms with E-state index in [0.29, 0.717) is 24.0 Å². The third kappa shape index (κ3) is 10.9. The first-order valence-corrected chi connectivity index (χ1v) is 11.1. The second-order valence-corrected chi connectivity index (χ2v) is 7.87. The van der Waals surface area contributed by atoms with Gasteiger partial charge in [-0.25, -0.2) is 9.69 Å². The number of unbranched alkanes of at least 4 members (excludes halogenated alkanes) is 1. The summed E-state index contributed by atoms with van der Waals surface area (Å²) in [7, 11) is 0. The molecule has 0 aromatic heterocycles. The van der Waals surface area contributed by atoms with Crippen molar-refractivity contribution in [2.75, 3.05) is 6.61 Å². The van der Waals surface area contributed by atoms with Crippen LogP contribution in [0, 0.1) is 5.92 Å². The monoisotopic (exact) mass is 471 g/mol. The fourth-order valence-corrected chi connectivity index (χ4v) is 2.84. The Labute approximate surface area is 193 Å². The molecule has 0 aromatic rings. The number of rotatable bonds is 16. The van der Waals surface area contributed by atoms with Gasteiger partial charge in [-0.1, -0.05) is 33.6 Å². The molecule has 5 amide bonds. The Balaban J connectivity index is 5.88. The lowest BCUT2D eigenvalue weighted by Gasteiger charge is -2.32. The third-order valence-electron chi connectivity index (χ3n) is 5.15. The maximum atomic E-state index is 13.4. The molecule has 0 radical (unpaired) electrons. The first-order chi connectivity index (χ1) is 15.5. The minimum absolute atomic E-state index is 0.0432. The quantitative estimate of drug-likeness (QED) is 0.173. The van der Waals surface area contributed by atoms with Crippen molar-refractivity contribution in [3.63, 3.8) is 0 Å². The number of nitrogens with two attached hydrogens (primary N) is 3. The molecular weight excluding hydrogens is 434 g/mol. The van der Waals surface area contributed by atoms with Gasteiger partial charge in [-0.15, -0.1) is 0 Å².